The Balaban J connectivity index is 2.46. The minimum absolute atomic E-state index is 0.00270. The van der Waals surface area contributed by atoms with Gasteiger partial charge in [-0.15, -0.1) is 11.3 Å². The van der Waals surface area contributed by atoms with Crippen LogP contribution < -0.4 is 4.90 Å². The average Bonchev–Trinajstić information content (AvgIpc) is 3.04. The Bertz CT molecular complexity index is 788. The molecule has 1 atom stereocenters. The van der Waals surface area contributed by atoms with Crippen molar-refractivity contribution in [3.8, 4) is 11.8 Å². The first-order valence-corrected chi connectivity index (χ1v) is 11.1. The smallest absolute Gasteiger partial charge is 0.348 e. The Morgan fingerprint density at radius 3 is 2.45 bits per heavy atom. The third-order valence-electron chi connectivity index (χ3n) is 5.18. The van der Waals surface area contributed by atoms with Crippen molar-refractivity contribution >= 4 is 28.9 Å². The fourth-order valence-electron chi connectivity index (χ4n) is 3.62. The fourth-order valence-corrected chi connectivity index (χ4v) is 4.46. The second-order valence-electron chi connectivity index (χ2n) is 9.10. The van der Waals surface area contributed by atoms with E-state index in [2.05, 4.69) is 18.8 Å². The standard InChI is InChI=1S/C23H33NO4S/c1-15-7-9-17(10-8-15)21(25)24(16(2)14-28-6)19-13-18(11-12-23(3,4)5)29-20(19)22(26)27/h13,15-17H,7-10,14H2,1-6H3,(H,26,27). The van der Waals surface area contributed by atoms with Gasteiger partial charge < -0.3 is 14.7 Å². The lowest BCUT2D eigenvalue weighted by molar-refractivity contribution is -0.124. The number of amides is 1. The summed E-state index contributed by atoms with van der Waals surface area (Å²) in [6, 6.07) is 1.49. The van der Waals surface area contributed by atoms with Crippen molar-refractivity contribution in [3.05, 3.63) is 15.8 Å². The maximum Gasteiger partial charge on any atom is 0.348 e. The van der Waals surface area contributed by atoms with E-state index in [0.29, 0.717) is 23.1 Å². The molecule has 0 aliphatic heterocycles. The second-order valence-corrected chi connectivity index (χ2v) is 10.2. The predicted molar refractivity (Wildman–Crippen MR) is 118 cm³/mol. The number of carboxylic acid groups (broad SMARTS) is 1. The van der Waals surface area contributed by atoms with E-state index >= 15 is 0 Å². The van der Waals surface area contributed by atoms with Gasteiger partial charge in [-0.05, 0) is 65.4 Å². The number of thiophene rings is 1. The lowest BCUT2D eigenvalue weighted by atomic mass is 9.82. The number of hydrogen-bond donors (Lipinski definition) is 1. The monoisotopic (exact) mass is 419 g/mol. The van der Waals surface area contributed by atoms with Gasteiger partial charge in [0, 0.05) is 18.4 Å². The number of methoxy groups -OCH3 is 1. The summed E-state index contributed by atoms with van der Waals surface area (Å²) < 4.78 is 5.29. The summed E-state index contributed by atoms with van der Waals surface area (Å²) >= 11 is 1.13. The third-order valence-corrected chi connectivity index (χ3v) is 6.21. The summed E-state index contributed by atoms with van der Waals surface area (Å²) in [5.41, 5.74) is 0.249. The molecule has 2 rings (SSSR count). The van der Waals surface area contributed by atoms with Crippen molar-refractivity contribution in [2.45, 2.75) is 66.3 Å². The lowest BCUT2D eigenvalue weighted by Crippen LogP contribution is -2.45. The topological polar surface area (TPSA) is 66.8 Å². The van der Waals surface area contributed by atoms with Crippen LogP contribution in [0.25, 0.3) is 0 Å². The summed E-state index contributed by atoms with van der Waals surface area (Å²) in [6.07, 6.45) is 3.75. The number of hydrogen-bond acceptors (Lipinski definition) is 4. The van der Waals surface area contributed by atoms with Crippen LogP contribution in [-0.2, 0) is 9.53 Å². The number of ether oxygens (including phenoxy) is 1. The Morgan fingerprint density at radius 2 is 1.93 bits per heavy atom. The minimum Gasteiger partial charge on any atom is -0.477 e. The van der Waals surface area contributed by atoms with E-state index in [1.165, 1.54) is 0 Å². The minimum atomic E-state index is -1.03. The molecule has 1 fully saturated rings. The van der Waals surface area contributed by atoms with Gasteiger partial charge >= 0.3 is 5.97 Å². The molecule has 160 valence electrons. The molecule has 1 N–H and O–H groups in total. The number of carboxylic acids is 1. The van der Waals surface area contributed by atoms with Crippen LogP contribution in [0, 0.1) is 29.1 Å². The normalized spacial score (nSPS) is 20.5. The largest absolute Gasteiger partial charge is 0.477 e. The molecule has 0 saturated heterocycles. The van der Waals surface area contributed by atoms with Gasteiger partial charge in [0.15, 0.2) is 0 Å². The molecule has 1 aliphatic rings. The lowest BCUT2D eigenvalue weighted by Gasteiger charge is -2.34. The molecule has 1 aliphatic carbocycles. The van der Waals surface area contributed by atoms with Gasteiger partial charge in [0.25, 0.3) is 0 Å². The molecule has 1 saturated carbocycles. The van der Waals surface area contributed by atoms with Crippen LogP contribution in [0.1, 0.15) is 74.9 Å². The zero-order valence-corrected chi connectivity index (χ0v) is 19.2. The summed E-state index contributed by atoms with van der Waals surface area (Å²) in [6.45, 7) is 10.5. The molecular weight excluding hydrogens is 386 g/mol. The van der Waals surface area contributed by atoms with Crippen LogP contribution >= 0.6 is 11.3 Å². The Morgan fingerprint density at radius 1 is 1.31 bits per heavy atom. The summed E-state index contributed by atoms with van der Waals surface area (Å²) in [7, 11) is 1.59. The number of carbonyl (C=O) groups excluding carboxylic acids is 1. The van der Waals surface area contributed by atoms with Gasteiger partial charge in [-0.3, -0.25) is 4.79 Å². The highest BCUT2D eigenvalue weighted by molar-refractivity contribution is 7.15. The molecule has 0 bridgehead atoms. The van der Waals surface area contributed by atoms with E-state index in [4.69, 9.17) is 4.74 Å². The maximum absolute atomic E-state index is 13.5. The fraction of sp³-hybridized carbons (Fsp3) is 0.652. The molecule has 1 unspecified atom stereocenters. The van der Waals surface area contributed by atoms with Gasteiger partial charge in [-0.25, -0.2) is 4.79 Å². The first kappa shape index (κ1) is 23.4. The molecule has 0 radical (unpaired) electrons. The van der Waals surface area contributed by atoms with Gasteiger partial charge in [-0.2, -0.15) is 0 Å². The van der Waals surface area contributed by atoms with E-state index in [1.807, 2.05) is 27.7 Å². The van der Waals surface area contributed by atoms with Crippen molar-refractivity contribution in [2.24, 2.45) is 17.3 Å². The number of anilines is 1. The van der Waals surface area contributed by atoms with Crippen LogP contribution in [-0.4, -0.2) is 36.7 Å². The Hall–Kier alpha value is -1.84. The third kappa shape index (κ3) is 6.32. The van der Waals surface area contributed by atoms with E-state index in [-0.39, 0.29) is 28.2 Å². The molecule has 0 aromatic carbocycles. The predicted octanol–water partition coefficient (Wildman–Crippen LogP) is 5.04. The van der Waals surface area contributed by atoms with Gasteiger partial charge in [-0.1, -0.05) is 18.8 Å². The maximum atomic E-state index is 13.5. The molecule has 1 amide bonds. The Labute approximate surface area is 178 Å². The van der Waals surface area contributed by atoms with E-state index in [9.17, 15) is 14.7 Å². The molecule has 29 heavy (non-hydrogen) atoms. The molecular formula is C23H33NO4S. The number of aromatic carboxylic acids is 1. The van der Waals surface area contributed by atoms with Crippen LogP contribution in [0.3, 0.4) is 0 Å². The van der Waals surface area contributed by atoms with E-state index in [0.717, 1.165) is 37.0 Å². The second kappa shape index (κ2) is 9.77. The van der Waals surface area contributed by atoms with E-state index < -0.39 is 5.97 Å². The first-order valence-electron chi connectivity index (χ1n) is 10.3. The summed E-state index contributed by atoms with van der Waals surface area (Å²) in [5.74, 6) is 5.76. The highest BCUT2D eigenvalue weighted by Crippen LogP contribution is 2.36. The van der Waals surface area contributed by atoms with E-state index in [1.54, 1.807) is 18.1 Å². The first-order chi connectivity index (χ1) is 13.5. The highest BCUT2D eigenvalue weighted by Gasteiger charge is 2.34. The molecule has 1 aromatic rings. The van der Waals surface area contributed by atoms with Gasteiger partial charge in [0.1, 0.15) is 4.88 Å². The number of carbonyl (C=O) groups is 2. The highest BCUT2D eigenvalue weighted by atomic mass is 32.1. The van der Waals surface area contributed by atoms with Crippen molar-refractivity contribution < 1.29 is 19.4 Å². The van der Waals surface area contributed by atoms with Gasteiger partial charge in [0.05, 0.1) is 23.2 Å². The van der Waals surface area contributed by atoms with Gasteiger partial charge in [0.2, 0.25) is 5.91 Å². The molecule has 5 nitrogen and oxygen atoms in total. The zero-order valence-electron chi connectivity index (χ0n) is 18.4. The van der Waals surface area contributed by atoms with Crippen LogP contribution in [0.4, 0.5) is 5.69 Å². The Kier molecular flexibility index (Phi) is 7.90. The number of nitrogens with zero attached hydrogens (tertiary/aromatic N) is 1. The molecule has 1 aromatic heterocycles. The average molecular weight is 420 g/mol. The van der Waals surface area contributed by atoms with Crippen LogP contribution in [0.5, 0.6) is 0 Å². The van der Waals surface area contributed by atoms with Crippen molar-refractivity contribution in [3.63, 3.8) is 0 Å². The van der Waals surface area contributed by atoms with Crippen molar-refractivity contribution in [1.82, 2.24) is 0 Å². The quantitative estimate of drug-likeness (QED) is 0.656. The van der Waals surface area contributed by atoms with Crippen molar-refractivity contribution in [1.29, 1.82) is 0 Å². The summed E-state index contributed by atoms with van der Waals surface area (Å²) in [4.78, 5) is 27.9. The molecule has 1 heterocycles. The number of rotatable bonds is 6. The molecule has 0 spiro atoms. The zero-order chi connectivity index (χ0) is 21.8. The molecule has 6 heteroatoms. The SMILES string of the molecule is COCC(C)N(C(=O)C1CCC(C)CC1)c1cc(C#CC(C)(C)C)sc1C(=O)O. The van der Waals surface area contributed by atoms with Crippen molar-refractivity contribution in [2.75, 3.05) is 18.6 Å². The summed E-state index contributed by atoms with van der Waals surface area (Å²) in [5, 5.41) is 9.79. The van der Waals surface area contributed by atoms with Crippen LogP contribution in [0.2, 0.25) is 0 Å². The van der Waals surface area contributed by atoms with Crippen LogP contribution in [0.15, 0.2) is 6.07 Å².